The van der Waals surface area contributed by atoms with Crippen molar-refractivity contribution < 1.29 is 9.53 Å². The smallest absolute Gasteiger partial charge is 0.246 e. The molecule has 0 aromatic carbocycles. The molecule has 3 heteroatoms. The third-order valence-corrected chi connectivity index (χ3v) is 2.52. The second kappa shape index (κ2) is 6.02. The Morgan fingerprint density at radius 2 is 2.00 bits per heavy atom. The van der Waals surface area contributed by atoms with Gasteiger partial charge in [-0.1, -0.05) is 27.7 Å². The van der Waals surface area contributed by atoms with Crippen LogP contribution in [0, 0.1) is 11.3 Å². The fraction of sp³-hybridized carbons (Fsp3) is 0.909. The summed E-state index contributed by atoms with van der Waals surface area (Å²) in [5.74, 6) is 0.441. The van der Waals surface area contributed by atoms with Gasteiger partial charge in [0.15, 0.2) is 0 Å². The van der Waals surface area contributed by atoms with Crippen molar-refractivity contribution in [1.82, 2.24) is 5.32 Å². The Morgan fingerprint density at radius 1 is 1.43 bits per heavy atom. The van der Waals surface area contributed by atoms with Gasteiger partial charge < -0.3 is 10.1 Å². The maximum absolute atomic E-state index is 11.2. The van der Waals surface area contributed by atoms with Crippen LogP contribution in [0.25, 0.3) is 0 Å². The minimum atomic E-state index is -0.0250. The molecule has 0 saturated heterocycles. The Hall–Kier alpha value is -0.570. The zero-order chi connectivity index (χ0) is 11.2. The van der Waals surface area contributed by atoms with Gasteiger partial charge in [-0.05, 0) is 18.3 Å². The van der Waals surface area contributed by atoms with E-state index in [2.05, 4.69) is 33.0 Å². The molecular weight excluding hydrogens is 178 g/mol. The number of hydrogen-bond acceptors (Lipinski definition) is 2. The van der Waals surface area contributed by atoms with Gasteiger partial charge in [-0.2, -0.15) is 0 Å². The Kier molecular flexibility index (Phi) is 5.77. The van der Waals surface area contributed by atoms with Crippen molar-refractivity contribution in [3.63, 3.8) is 0 Å². The molecule has 1 unspecified atom stereocenters. The fourth-order valence-electron chi connectivity index (χ4n) is 0.819. The predicted octanol–water partition coefficient (Wildman–Crippen LogP) is 1.82. The molecular formula is C11H23NO2. The Balaban J connectivity index is 3.67. The number of carbonyl (C=O) groups excluding carboxylic acids is 1. The number of nitrogens with one attached hydrogen (secondary N) is 1. The lowest BCUT2D eigenvalue weighted by atomic mass is 9.82. The van der Waals surface area contributed by atoms with E-state index in [0.29, 0.717) is 12.5 Å². The van der Waals surface area contributed by atoms with E-state index in [1.165, 1.54) is 0 Å². The standard InChI is InChI=1S/C11H23NO2/c1-6-14-8-10(13)12-7-9(2)11(3,4)5/h9H,6-8H2,1-5H3,(H,12,13). The minimum absolute atomic E-state index is 0.0250. The maximum Gasteiger partial charge on any atom is 0.246 e. The van der Waals surface area contributed by atoms with Crippen LogP contribution < -0.4 is 5.32 Å². The average molecular weight is 201 g/mol. The summed E-state index contributed by atoms with van der Waals surface area (Å²) in [7, 11) is 0. The molecule has 0 saturated carbocycles. The SMILES string of the molecule is CCOCC(=O)NCC(C)C(C)(C)C. The molecule has 1 N–H and O–H groups in total. The monoisotopic (exact) mass is 201 g/mol. The first-order valence-corrected chi connectivity index (χ1v) is 5.22. The van der Waals surface area contributed by atoms with Gasteiger partial charge >= 0.3 is 0 Å². The number of carbonyl (C=O) groups is 1. The number of amides is 1. The summed E-state index contributed by atoms with van der Waals surface area (Å²) >= 11 is 0. The van der Waals surface area contributed by atoms with Crippen LogP contribution in [-0.4, -0.2) is 25.7 Å². The van der Waals surface area contributed by atoms with E-state index in [9.17, 15) is 4.79 Å². The van der Waals surface area contributed by atoms with Crippen LogP contribution in [0.5, 0.6) is 0 Å². The lowest BCUT2D eigenvalue weighted by molar-refractivity contribution is -0.125. The highest BCUT2D eigenvalue weighted by Crippen LogP contribution is 2.24. The van der Waals surface area contributed by atoms with Gasteiger partial charge in [-0.15, -0.1) is 0 Å². The summed E-state index contributed by atoms with van der Waals surface area (Å²) in [5.41, 5.74) is 0.235. The molecule has 14 heavy (non-hydrogen) atoms. The van der Waals surface area contributed by atoms with Crippen LogP contribution >= 0.6 is 0 Å². The molecule has 0 rings (SSSR count). The summed E-state index contributed by atoms with van der Waals surface area (Å²) in [6.07, 6.45) is 0. The Labute approximate surface area is 87.2 Å². The van der Waals surface area contributed by atoms with Crippen LogP contribution in [0.2, 0.25) is 0 Å². The normalized spacial score (nSPS) is 13.8. The molecule has 0 aliphatic carbocycles. The molecule has 0 radical (unpaired) electrons. The van der Waals surface area contributed by atoms with E-state index in [4.69, 9.17) is 4.74 Å². The van der Waals surface area contributed by atoms with Gasteiger partial charge in [0.2, 0.25) is 5.91 Å². The minimum Gasteiger partial charge on any atom is -0.372 e. The van der Waals surface area contributed by atoms with Crippen molar-refractivity contribution in [3.8, 4) is 0 Å². The van der Waals surface area contributed by atoms with Gasteiger partial charge in [-0.3, -0.25) is 4.79 Å². The predicted molar refractivity (Wildman–Crippen MR) is 58.1 cm³/mol. The molecule has 0 spiro atoms. The van der Waals surface area contributed by atoms with Crippen molar-refractivity contribution in [1.29, 1.82) is 0 Å². The number of rotatable bonds is 5. The highest BCUT2D eigenvalue weighted by atomic mass is 16.5. The largest absolute Gasteiger partial charge is 0.372 e. The first-order chi connectivity index (χ1) is 6.38. The summed E-state index contributed by atoms with van der Waals surface area (Å²) in [6.45, 7) is 12.0. The zero-order valence-corrected chi connectivity index (χ0v) is 10.0. The van der Waals surface area contributed by atoms with Crippen LogP contribution in [0.4, 0.5) is 0 Å². The third kappa shape index (κ3) is 5.97. The first-order valence-electron chi connectivity index (χ1n) is 5.22. The van der Waals surface area contributed by atoms with Gasteiger partial charge in [0, 0.05) is 13.2 Å². The van der Waals surface area contributed by atoms with E-state index >= 15 is 0 Å². The quantitative estimate of drug-likeness (QED) is 0.737. The highest BCUT2D eigenvalue weighted by molar-refractivity contribution is 5.77. The van der Waals surface area contributed by atoms with Gasteiger partial charge in [0.1, 0.15) is 6.61 Å². The topological polar surface area (TPSA) is 38.3 Å². The van der Waals surface area contributed by atoms with E-state index < -0.39 is 0 Å². The molecule has 0 aromatic heterocycles. The molecule has 0 heterocycles. The van der Waals surface area contributed by atoms with Gasteiger partial charge in [-0.25, -0.2) is 0 Å². The first kappa shape index (κ1) is 13.4. The summed E-state index contributed by atoms with van der Waals surface area (Å²) in [5, 5.41) is 2.86. The second-order valence-electron chi connectivity index (χ2n) is 4.71. The molecule has 1 amide bonds. The average Bonchev–Trinajstić information content (AvgIpc) is 2.09. The van der Waals surface area contributed by atoms with Crippen LogP contribution in [-0.2, 0) is 9.53 Å². The van der Waals surface area contributed by atoms with E-state index in [1.54, 1.807) is 0 Å². The lowest BCUT2D eigenvalue weighted by Crippen LogP contribution is -2.35. The van der Waals surface area contributed by atoms with Crippen molar-refractivity contribution in [2.75, 3.05) is 19.8 Å². The molecule has 0 bridgehead atoms. The van der Waals surface area contributed by atoms with Crippen LogP contribution in [0.1, 0.15) is 34.6 Å². The fourth-order valence-corrected chi connectivity index (χ4v) is 0.819. The summed E-state index contributed by atoms with van der Waals surface area (Å²) in [4.78, 5) is 11.2. The van der Waals surface area contributed by atoms with E-state index in [-0.39, 0.29) is 17.9 Å². The molecule has 3 nitrogen and oxygen atoms in total. The van der Waals surface area contributed by atoms with Crippen molar-refractivity contribution in [3.05, 3.63) is 0 Å². The van der Waals surface area contributed by atoms with Gasteiger partial charge in [0.05, 0.1) is 0 Å². The molecule has 0 aliphatic rings. The van der Waals surface area contributed by atoms with Crippen molar-refractivity contribution in [2.24, 2.45) is 11.3 Å². The molecule has 0 aliphatic heterocycles. The van der Waals surface area contributed by atoms with Crippen LogP contribution in [0.15, 0.2) is 0 Å². The summed E-state index contributed by atoms with van der Waals surface area (Å²) in [6, 6.07) is 0. The van der Waals surface area contributed by atoms with E-state index in [0.717, 1.165) is 6.54 Å². The highest BCUT2D eigenvalue weighted by Gasteiger charge is 2.20. The maximum atomic E-state index is 11.2. The molecule has 0 aromatic rings. The van der Waals surface area contributed by atoms with Crippen molar-refractivity contribution in [2.45, 2.75) is 34.6 Å². The van der Waals surface area contributed by atoms with Crippen LogP contribution in [0.3, 0.4) is 0 Å². The Morgan fingerprint density at radius 3 is 2.43 bits per heavy atom. The number of ether oxygens (including phenoxy) is 1. The second-order valence-corrected chi connectivity index (χ2v) is 4.71. The molecule has 84 valence electrons. The summed E-state index contributed by atoms with van der Waals surface area (Å²) < 4.78 is 5.00. The molecule has 1 atom stereocenters. The third-order valence-electron chi connectivity index (χ3n) is 2.52. The van der Waals surface area contributed by atoms with E-state index in [1.807, 2.05) is 6.92 Å². The lowest BCUT2D eigenvalue weighted by Gasteiger charge is -2.27. The zero-order valence-electron chi connectivity index (χ0n) is 10.0. The molecule has 0 fully saturated rings. The van der Waals surface area contributed by atoms with Gasteiger partial charge in [0.25, 0.3) is 0 Å². The number of hydrogen-bond donors (Lipinski definition) is 1. The Bertz CT molecular complexity index is 173. The van der Waals surface area contributed by atoms with Crippen molar-refractivity contribution >= 4 is 5.91 Å².